The van der Waals surface area contributed by atoms with Crippen molar-refractivity contribution in [1.82, 2.24) is 21.3 Å². The first-order chi connectivity index (χ1) is 16.2. The molecule has 10 nitrogen and oxygen atoms in total. The van der Waals surface area contributed by atoms with Crippen molar-refractivity contribution in [2.45, 2.75) is 0 Å². The van der Waals surface area contributed by atoms with E-state index in [1.807, 2.05) is 0 Å². The number of hydrogen-bond donors (Lipinski definition) is 6. The number of rotatable bonds is 4. The third kappa shape index (κ3) is 5.99. The second-order valence-electron chi connectivity index (χ2n) is 6.80. The highest BCUT2D eigenvalue weighted by molar-refractivity contribution is 7.80. The fourth-order valence-corrected chi connectivity index (χ4v) is 3.30. The van der Waals surface area contributed by atoms with E-state index in [2.05, 4.69) is 21.3 Å². The molecule has 4 rings (SSSR count). The maximum Gasteiger partial charge on any atom is 0.273 e. The zero-order chi connectivity index (χ0) is 24.8. The van der Waals surface area contributed by atoms with Crippen LogP contribution in [0, 0.1) is 0 Å². The lowest BCUT2D eigenvalue weighted by Crippen LogP contribution is -2.21. The average Bonchev–Trinajstić information content (AvgIpc) is 3.27. The average molecular weight is 501 g/mol. The van der Waals surface area contributed by atoms with E-state index in [1.54, 1.807) is 36.4 Å². The quantitative estimate of drug-likeness (QED) is 0.270. The monoisotopic (exact) mass is 500 g/mol. The standard InChI is InChI=1S/2C11H10N2O3S/c2*1-16-9-3-2-6(5-8(9)14)4-7-10(15)13-11(17)12-7/h2*2-5,14H,1H3,(H2,12,13,15,17)/b2*7-4-. The normalized spacial score (nSPS) is 16.9. The Labute approximate surface area is 205 Å². The summed E-state index contributed by atoms with van der Waals surface area (Å²) in [6.07, 6.45) is 3.18. The highest BCUT2D eigenvalue weighted by Gasteiger charge is 2.20. The first-order valence-corrected chi connectivity index (χ1v) is 10.4. The van der Waals surface area contributed by atoms with Crippen molar-refractivity contribution in [2.75, 3.05) is 14.2 Å². The summed E-state index contributed by atoms with van der Waals surface area (Å²) in [5.41, 5.74) is 2.04. The molecule has 2 aromatic rings. The molecule has 34 heavy (non-hydrogen) atoms. The molecule has 0 bridgehead atoms. The molecule has 0 unspecified atom stereocenters. The largest absolute Gasteiger partial charge is 0.504 e. The Balaban J connectivity index is 0.000000191. The molecule has 0 aromatic heterocycles. The second-order valence-corrected chi connectivity index (χ2v) is 7.61. The van der Waals surface area contributed by atoms with Crippen LogP contribution in [0.3, 0.4) is 0 Å². The number of nitrogens with one attached hydrogen (secondary N) is 4. The number of benzene rings is 2. The highest BCUT2D eigenvalue weighted by atomic mass is 32.1. The number of ether oxygens (including phenoxy) is 2. The lowest BCUT2D eigenvalue weighted by Gasteiger charge is -2.03. The Morgan fingerprint density at radius 3 is 1.35 bits per heavy atom. The van der Waals surface area contributed by atoms with Crippen LogP contribution in [0.1, 0.15) is 11.1 Å². The van der Waals surface area contributed by atoms with Crippen LogP contribution in [0.5, 0.6) is 23.0 Å². The summed E-state index contributed by atoms with van der Waals surface area (Å²) in [6.45, 7) is 0. The summed E-state index contributed by atoms with van der Waals surface area (Å²) >= 11 is 9.60. The summed E-state index contributed by atoms with van der Waals surface area (Å²) in [5, 5.41) is 30.1. The second kappa shape index (κ2) is 10.6. The van der Waals surface area contributed by atoms with Crippen LogP contribution in [0.15, 0.2) is 47.8 Å². The minimum Gasteiger partial charge on any atom is -0.504 e. The predicted octanol–water partition coefficient (Wildman–Crippen LogP) is 1.49. The third-order valence-electron chi connectivity index (χ3n) is 4.47. The van der Waals surface area contributed by atoms with Crippen molar-refractivity contribution in [1.29, 1.82) is 0 Å². The van der Waals surface area contributed by atoms with E-state index in [0.29, 0.717) is 34.0 Å². The van der Waals surface area contributed by atoms with Crippen molar-refractivity contribution in [2.24, 2.45) is 0 Å². The Hall–Kier alpha value is -4.16. The van der Waals surface area contributed by atoms with E-state index in [9.17, 15) is 19.8 Å². The number of amides is 2. The molecule has 0 aliphatic carbocycles. The van der Waals surface area contributed by atoms with E-state index in [4.69, 9.17) is 33.9 Å². The van der Waals surface area contributed by atoms with Gasteiger partial charge in [0.2, 0.25) is 0 Å². The van der Waals surface area contributed by atoms with Gasteiger partial charge in [-0.15, -0.1) is 0 Å². The van der Waals surface area contributed by atoms with E-state index >= 15 is 0 Å². The van der Waals surface area contributed by atoms with Crippen molar-refractivity contribution < 1.29 is 29.3 Å². The summed E-state index contributed by atoms with van der Waals surface area (Å²) in [4.78, 5) is 22.8. The fraction of sp³-hybridized carbons (Fsp3) is 0.0909. The smallest absolute Gasteiger partial charge is 0.273 e. The van der Waals surface area contributed by atoms with E-state index in [1.165, 1.54) is 26.4 Å². The summed E-state index contributed by atoms with van der Waals surface area (Å²) in [5.74, 6) is 0.222. The number of carbonyl (C=O) groups is 2. The van der Waals surface area contributed by atoms with Gasteiger partial charge in [-0.05, 0) is 72.0 Å². The van der Waals surface area contributed by atoms with Crippen LogP contribution in [-0.4, -0.2) is 46.5 Å². The molecule has 12 heteroatoms. The van der Waals surface area contributed by atoms with Gasteiger partial charge in [-0.3, -0.25) is 20.2 Å². The van der Waals surface area contributed by atoms with Gasteiger partial charge in [0.05, 0.1) is 14.2 Å². The molecule has 6 N–H and O–H groups in total. The van der Waals surface area contributed by atoms with E-state index in [0.717, 1.165) is 0 Å². The van der Waals surface area contributed by atoms with Gasteiger partial charge in [0.15, 0.2) is 33.2 Å². The Kier molecular flexibility index (Phi) is 7.66. The van der Waals surface area contributed by atoms with E-state index in [-0.39, 0.29) is 33.5 Å². The minimum absolute atomic E-state index is 0.0165. The number of phenols is 2. The topological polar surface area (TPSA) is 141 Å². The lowest BCUT2D eigenvalue weighted by atomic mass is 10.1. The Morgan fingerprint density at radius 1 is 0.706 bits per heavy atom. The molecule has 0 saturated carbocycles. The van der Waals surface area contributed by atoms with Gasteiger partial charge in [-0.2, -0.15) is 0 Å². The van der Waals surface area contributed by atoms with Gasteiger partial charge in [0.25, 0.3) is 11.8 Å². The molecular weight excluding hydrogens is 480 g/mol. The van der Waals surface area contributed by atoms with Crippen LogP contribution < -0.4 is 30.7 Å². The fourth-order valence-electron chi connectivity index (χ4n) is 2.89. The Bertz CT molecular complexity index is 1150. The molecule has 0 radical (unpaired) electrons. The van der Waals surface area contributed by atoms with Gasteiger partial charge in [0.1, 0.15) is 11.4 Å². The number of phenolic OH excluding ortho intramolecular Hbond substituents is 2. The number of aromatic hydroxyl groups is 2. The van der Waals surface area contributed by atoms with Crippen LogP contribution >= 0.6 is 24.4 Å². The number of methoxy groups -OCH3 is 2. The molecular formula is C22H20N4O6S2. The van der Waals surface area contributed by atoms with Gasteiger partial charge >= 0.3 is 0 Å². The summed E-state index contributed by atoms with van der Waals surface area (Å²) in [6, 6.07) is 9.69. The molecule has 0 atom stereocenters. The maximum absolute atomic E-state index is 11.4. The molecule has 176 valence electrons. The maximum atomic E-state index is 11.4. The van der Waals surface area contributed by atoms with Crippen molar-refractivity contribution in [3.63, 3.8) is 0 Å². The molecule has 0 spiro atoms. The summed E-state index contributed by atoms with van der Waals surface area (Å²) in [7, 11) is 2.94. The van der Waals surface area contributed by atoms with Gasteiger partial charge < -0.3 is 30.3 Å². The number of thiocarbonyl (C=S) groups is 2. The first kappa shape index (κ1) is 24.5. The van der Waals surface area contributed by atoms with E-state index < -0.39 is 0 Å². The van der Waals surface area contributed by atoms with Gasteiger partial charge in [0, 0.05) is 0 Å². The summed E-state index contributed by atoms with van der Waals surface area (Å²) < 4.78 is 9.84. The molecule has 2 aromatic carbocycles. The van der Waals surface area contributed by atoms with Crippen LogP contribution in [-0.2, 0) is 9.59 Å². The molecule has 2 aliphatic rings. The molecule has 2 saturated heterocycles. The van der Waals surface area contributed by atoms with Crippen molar-refractivity contribution in [3.05, 3.63) is 58.9 Å². The van der Waals surface area contributed by atoms with Crippen LogP contribution in [0.25, 0.3) is 12.2 Å². The van der Waals surface area contributed by atoms with Crippen LogP contribution in [0.2, 0.25) is 0 Å². The third-order valence-corrected chi connectivity index (χ3v) is 4.88. The zero-order valence-electron chi connectivity index (χ0n) is 18.0. The lowest BCUT2D eigenvalue weighted by molar-refractivity contribution is -0.116. The Morgan fingerprint density at radius 2 is 1.09 bits per heavy atom. The SMILES string of the molecule is COc1ccc(/C=C2\NC(=S)NC2=O)cc1O.COc1ccc(/C=C2\NC(=S)NC2=O)cc1O. The number of carbonyl (C=O) groups excluding carboxylic acids is 2. The molecule has 2 fully saturated rings. The first-order valence-electron chi connectivity index (χ1n) is 9.62. The van der Waals surface area contributed by atoms with Gasteiger partial charge in [-0.1, -0.05) is 12.1 Å². The zero-order valence-corrected chi connectivity index (χ0v) is 19.6. The van der Waals surface area contributed by atoms with Gasteiger partial charge in [-0.25, -0.2) is 0 Å². The number of hydrogen-bond acceptors (Lipinski definition) is 8. The molecule has 2 heterocycles. The highest BCUT2D eigenvalue weighted by Crippen LogP contribution is 2.28. The molecule has 2 aliphatic heterocycles. The van der Waals surface area contributed by atoms with Crippen molar-refractivity contribution >= 4 is 58.6 Å². The van der Waals surface area contributed by atoms with Crippen LogP contribution in [0.4, 0.5) is 0 Å². The minimum atomic E-state index is -0.287. The predicted molar refractivity (Wildman–Crippen MR) is 133 cm³/mol. The van der Waals surface area contributed by atoms with Crippen molar-refractivity contribution in [3.8, 4) is 23.0 Å². The molecule has 2 amide bonds.